The lowest BCUT2D eigenvalue weighted by atomic mass is 10.4. The van der Waals surface area contributed by atoms with Crippen molar-refractivity contribution in [2.75, 3.05) is 11.4 Å². The van der Waals surface area contributed by atoms with Crippen LogP contribution in [0, 0.1) is 0 Å². The van der Waals surface area contributed by atoms with Gasteiger partial charge in [0.25, 0.3) is 0 Å². The van der Waals surface area contributed by atoms with E-state index in [4.69, 9.17) is 28.3 Å². The van der Waals surface area contributed by atoms with E-state index in [-0.39, 0.29) is 29.1 Å². The molecule has 0 aliphatic carbocycles. The van der Waals surface area contributed by atoms with E-state index in [0.717, 1.165) is 0 Å². The molecular weight excluding hydrogens is 303 g/mol. The Hall–Kier alpha value is -0.960. The number of nitrogens with two attached hydrogens (primary N) is 1. The second kappa shape index (κ2) is 4.61. The summed E-state index contributed by atoms with van der Waals surface area (Å²) in [7, 11) is -3.77. The molecule has 0 spiro atoms. The van der Waals surface area contributed by atoms with E-state index in [2.05, 4.69) is 9.97 Å². The number of aromatic nitrogens is 2. The molecule has 0 aromatic carbocycles. The van der Waals surface area contributed by atoms with Gasteiger partial charge in [-0.3, -0.25) is 4.79 Å². The Balaban J connectivity index is 2.33. The quantitative estimate of drug-likeness (QED) is 0.619. The van der Waals surface area contributed by atoms with Crippen LogP contribution < -0.4 is 10.0 Å². The molecule has 1 atom stereocenters. The van der Waals surface area contributed by atoms with Crippen LogP contribution in [-0.4, -0.2) is 36.1 Å². The predicted octanol–water partition coefficient (Wildman–Crippen LogP) is 0.177. The molecule has 2 heterocycles. The van der Waals surface area contributed by atoms with Crippen molar-refractivity contribution in [2.45, 2.75) is 11.7 Å². The van der Waals surface area contributed by atoms with Crippen LogP contribution in [0.1, 0.15) is 6.42 Å². The number of carbonyl (C=O) groups is 1. The fourth-order valence-electron chi connectivity index (χ4n) is 1.64. The Morgan fingerprint density at radius 1 is 1.44 bits per heavy atom. The Morgan fingerprint density at radius 2 is 2.11 bits per heavy atom. The first-order chi connectivity index (χ1) is 8.29. The monoisotopic (exact) mass is 310 g/mol. The molecule has 1 unspecified atom stereocenters. The highest BCUT2D eigenvalue weighted by Gasteiger charge is 2.38. The average molecular weight is 311 g/mol. The average Bonchev–Trinajstić information content (AvgIpc) is 2.60. The van der Waals surface area contributed by atoms with E-state index in [1.165, 1.54) is 11.1 Å². The van der Waals surface area contributed by atoms with Crippen molar-refractivity contribution in [1.29, 1.82) is 0 Å². The number of sulfonamides is 1. The van der Waals surface area contributed by atoms with E-state index < -0.39 is 21.2 Å². The van der Waals surface area contributed by atoms with Gasteiger partial charge in [-0.05, 0) is 11.6 Å². The lowest BCUT2D eigenvalue weighted by molar-refractivity contribution is -0.117. The van der Waals surface area contributed by atoms with E-state index in [1.807, 2.05) is 0 Å². The van der Waals surface area contributed by atoms with Crippen LogP contribution in [-0.2, 0) is 14.8 Å². The number of hydrogen-bond donors (Lipinski definition) is 1. The van der Waals surface area contributed by atoms with Gasteiger partial charge in [-0.2, -0.15) is 0 Å². The number of rotatable bonds is 2. The van der Waals surface area contributed by atoms with Gasteiger partial charge in [0.15, 0.2) is 5.15 Å². The van der Waals surface area contributed by atoms with Gasteiger partial charge in [0, 0.05) is 13.0 Å². The van der Waals surface area contributed by atoms with E-state index in [9.17, 15) is 13.2 Å². The molecule has 7 nitrogen and oxygen atoms in total. The highest BCUT2D eigenvalue weighted by atomic mass is 35.5. The molecule has 1 aliphatic heterocycles. The molecule has 0 bridgehead atoms. The molecule has 18 heavy (non-hydrogen) atoms. The SMILES string of the molecule is NS(=O)(=O)C1CC(=O)N(c2cnc(Cl)nc2Cl)C1. The van der Waals surface area contributed by atoms with Crippen molar-refractivity contribution in [3.05, 3.63) is 16.6 Å². The van der Waals surface area contributed by atoms with Crippen molar-refractivity contribution in [3.8, 4) is 0 Å². The third-order valence-corrected chi connectivity index (χ3v) is 4.25. The predicted molar refractivity (Wildman–Crippen MR) is 65.9 cm³/mol. The fraction of sp³-hybridized carbons (Fsp3) is 0.375. The Morgan fingerprint density at radius 3 is 2.61 bits per heavy atom. The van der Waals surface area contributed by atoms with Crippen LogP contribution in [0.4, 0.5) is 5.69 Å². The third kappa shape index (κ3) is 2.56. The lowest BCUT2D eigenvalue weighted by Gasteiger charge is -2.16. The van der Waals surface area contributed by atoms with Crippen molar-refractivity contribution in [2.24, 2.45) is 5.14 Å². The molecular formula is C8H8Cl2N4O3S. The smallest absolute Gasteiger partial charge is 0.228 e. The van der Waals surface area contributed by atoms with Crippen LogP contribution in [0.5, 0.6) is 0 Å². The first-order valence-electron chi connectivity index (χ1n) is 4.79. The van der Waals surface area contributed by atoms with Crippen molar-refractivity contribution < 1.29 is 13.2 Å². The lowest BCUT2D eigenvalue weighted by Crippen LogP contribution is -2.32. The van der Waals surface area contributed by atoms with Crippen molar-refractivity contribution >= 4 is 44.8 Å². The molecule has 98 valence electrons. The summed E-state index contributed by atoms with van der Waals surface area (Å²) in [6.45, 7) is -0.0671. The van der Waals surface area contributed by atoms with Crippen LogP contribution in [0.25, 0.3) is 0 Å². The van der Waals surface area contributed by atoms with E-state index in [0.29, 0.717) is 0 Å². The Labute approximate surface area is 113 Å². The second-order valence-electron chi connectivity index (χ2n) is 3.73. The normalized spacial score (nSPS) is 20.5. The van der Waals surface area contributed by atoms with Crippen LogP contribution in [0.3, 0.4) is 0 Å². The molecule has 10 heteroatoms. The number of halogens is 2. The third-order valence-electron chi connectivity index (χ3n) is 2.54. The van der Waals surface area contributed by atoms with Gasteiger partial charge in [0.1, 0.15) is 10.9 Å². The molecule has 1 aliphatic rings. The Bertz CT molecular complexity index is 606. The van der Waals surface area contributed by atoms with Crippen molar-refractivity contribution in [1.82, 2.24) is 9.97 Å². The van der Waals surface area contributed by atoms with Gasteiger partial charge < -0.3 is 4.90 Å². The zero-order valence-corrected chi connectivity index (χ0v) is 11.2. The Kier molecular flexibility index (Phi) is 3.45. The first-order valence-corrected chi connectivity index (χ1v) is 7.15. The summed E-state index contributed by atoms with van der Waals surface area (Å²) in [5.74, 6) is -0.401. The number of anilines is 1. The number of nitrogens with zero attached hydrogens (tertiary/aromatic N) is 3. The minimum Gasteiger partial charge on any atom is -0.307 e. The van der Waals surface area contributed by atoms with Gasteiger partial charge in [-0.15, -0.1) is 0 Å². The first kappa shape index (κ1) is 13.5. The largest absolute Gasteiger partial charge is 0.307 e. The molecule has 1 fully saturated rings. The number of amides is 1. The summed E-state index contributed by atoms with van der Waals surface area (Å²) >= 11 is 11.4. The van der Waals surface area contributed by atoms with Gasteiger partial charge in [-0.1, -0.05) is 11.6 Å². The zero-order chi connectivity index (χ0) is 13.5. The van der Waals surface area contributed by atoms with Gasteiger partial charge in [0.2, 0.25) is 21.2 Å². The summed E-state index contributed by atoms with van der Waals surface area (Å²) in [5.41, 5.74) is 0.220. The number of hydrogen-bond acceptors (Lipinski definition) is 5. The molecule has 2 N–H and O–H groups in total. The van der Waals surface area contributed by atoms with Gasteiger partial charge in [-0.25, -0.2) is 23.5 Å². The van der Waals surface area contributed by atoms with Gasteiger partial charge in [0.05, 0.1) is 6.20 Å². The highest BCUT2D eigenvalue weighted by Crippen LogP contribution is 2.29. The minimum atomic E-state index is -3.77. The topological polar surface area (TPSA) is 106 Å². The highest BCUT2D eigenvalue weighted by molar-refractivity contribution is 7.89. The molecule has 0 saturated carbocycles. The van der Waals surface area contributed by atoms with E-state index in [1.54, 1.807) is 0 Å². The molecule has 1 aromatic rings. The van der Waals surface area contributed by atoms with Crippen LogP contribution in [0.15, 0.2) is 6.20 Å². The second-order valence-corrected chi connectivity index (χ2v) is 6.28. The molecule has 2 rings (SSSR count). The standard InChI is InChI=1S/C8H8Cl2N4O3S/c9-7-5(2-12-8(10)13-7)14-3-4(1-6(14)15)18(11,16)17/h2,4H,1,3H2,(H2,11,16,17). The maximum absolute atomic E-state index is 11.7. The number of carbonyl (C=O) groups excluding carboxylic acids is 1. The summed E-state index contributed by atoms with van der Waals surface area (Å²) in [6, 6.07) is 0. The zero-order valence-electron chi connectivity index (χ0n) is 8.88. The summed E-state index contributed by atoms with van der Waals surface area (Å²) in [6.07, 6.45) is 1.08. The van der Waals surface area contributed by atoms with Crippen molar-refractivity contribution in [3.63, 3.8) is 0 Å². The molecule has 0 radical (unpaired) electrons. The van der Waals surface area contributed by atoms with E-state index >= 15 is 0 Å². The molecule has 1 saturated heterocycles. The van der Waals surface area contributed by atoms with Crippen LogP contribution in [0.2, 0.25) is 10.4 Å². The molecule has 1 amide bonds. The maximum Gasteiger partial charge on any atom is 0.228 e. The number of primary sulfonamides is 1. The molecule has 1 aromatic heterocycles. The minimum absolute atomic E-state index is 0.0154. The van der Waals surface area contributed by atoms with Crippen LogP contribution >= 0.6 is 23.2 Å². The summed E-state index contributed by atoms with van der Waals surface area (Å²) < 4.78 is 22.4. The maximum atomic E-state index is 11.7. The fourth-order valence-corrected chi connectivity index (χ4v) is 2.78. The summed E-state index contributed by atoms with van der Waals surface area (Å²) in [4.78, 5) is 20.3. The van der Waals surface area contributed by atoms with Gasteiger partial charge >= 0.3 is 0 Å². The summed E-state index contributed by atoms with van der Waals surface area (Å²) in [5, 5.41) is 3.99.